The number of hydrogen-bond donors (Lipinski definition) is 2. The second kappa shape index (κ2) is 6.04. The number of hydrogen-bond acceptors (Lipinski definition) is 4. The highest BCUT2D eigenvalue weighted by atomic mass is 32.2. The molecule has 4 nitrogen and oxygen atoms in total. The monoisotopic (exact) mass is 275 g/mol. The molecule has 1 aromatic heterocycles. The normalized spacial score (nSPS) is 12.4. The predicted octanol–water partition coefficient (Wildman–Crippen LogP) is 2.12. The third kappa shape index (κ3) is 4.22. The Bertz CT molecular complexity index is 605. The van der Waals surface area contributed by atoms with E-state index in [9.17, 15) is 4.79 Å². The van der Waals surface area contributed by atoms with Gasteiger partial charge in [0.1, 0.15) is 0 Å². The number of nitrogens with two attached hydrogens (primary N) is 1. The maximum absolute atomic E-state index is 11.4. The lowest BCUT2D eigenvalue weighted by Crippen LogP contribution is -2.17. The van der Waals surface area contributed by atoms with Crippen molar-refractivity contribution in [2.75, 3.05) is 0 Å². The highest BCUT2D eigenvalue weighted by Crippen LogP contribution is 2.24. The van der Waals surface area contributed by atoms with Crippen LogP contribution in [0.25, 0.3) is 0 Å². The van der Waals surface area contributed by atoms with Gasteiger partial charge in [0.05, 0.1) is 0 Å². The summed E-state index contributed by atoms with van der Waals surface area (Å²) in [7, 11) is 0. The van der Waals surface area contributed by atoms with E-state index >= 15 is 0 Å². The largest absolute Gasteiger partial charge is 0.328 e. The van der Waals surface area contributed by atoms with Gasteiger partial charge >= 0.3 is 0 Å². The molecule has 100 valence electrons. The van der Waals surface area contributed by atoms with Crippen LogP contribution < -0.4 is 11.3 Å². The number of rotatable bonds is 4. The van der Waals surface area contributed by atoms with Gasteiger partial charge < -0.3 is 10.7 Å². The number of aromatic nitrogens is 2. The molecule has 0 aliphatic heterocycles. The first-order chi connectivity index (χ1) is 9.02. The van der Waals surface area contributed by atoms with Crippen molar-refractivity contribution in [2.45, 2.75) is 36.4 Å². The number of nitrogens with zero attached hydrogens (tertiary/aromatic N) is 1. The lowest BCUT2D eigenvalue weighted by Gasteiger charge is -2.06. The molecule has 2 aromatic rings. The van der Waals surface area contributed by atoms with Crippen LogP contribution in [-0.4, -0.2) is 16.0 Å². The van der Waals surface area contributed by atoms with Crippen molar-refractivity contribution >= 4 is 11.8 Å². The van der Waals surface area contributed by atoms with Gasteiger partial charge in [-0.15, -0.1) is 0 Å². The number of benzene rings is 1. The zero-order valence-electron chi connectivity index (χ0n) is 11.0. The van der Waals surface area contributed by atoms with E-state index in [1.807, 2.05) is 26.0 Å². The zero-order chi connectivity index (χ0) is 13.8. The van der Waals surface area contributed by atoms with Crippen LogP contribution in [0.15, 0.2) is 45.2 Å². The molecule has 1 atom stereocenters. The van der Waals surface area contributed by atoms with Gasteiger partial charge in [-0.3, -0.25) is 4.79 Å². The van der Waals surface area contributed by atoms with Crippen molar-refractivity contribution in [1.29, 1.82) is 0 Å². The van der Waals surface area contributed by atoms with E-state index in [-0.39, 0.29) is 11.6 Å². The fraction of sp³-hybridized carbons (Fsp3) is 0.286. The van der Waals surface area contributed by atoms with Crippen LogP contribution in [0.1, 0.15) is 18.2 Å². The van der Waals surface area contributed by atoms with E-state index in [4.69, 9.17) is 5.73 Å². The van der Waals surface area contributed by atoms with Crippen molar-refractivity contribution in [3.63, 3.8) is 0 Å². The summed E-state index contributed by atoms with van der Waals surface area (Å²) in [5.74, 6) is 0. The summed E-state index contributed by atoms with van der Waals surface area (Å²) in [6.45, 7) is 3.80. The van der Waals surface area contributed by atoms with E-state index in [1.54, 1.807) is 0 Å². The molecule has 19 heavy (non-hydrogen) atoms. The molecular formula is C14H17N3OS. The van der Waals surface area contributed by atoms with E-state index in [1.165, 1.54) is 23.4 Å². The van der Waals surface area contributed by atoms with E-state index in [0.717, 1.165) is 17.0 Å². The second-order valence-electron chi connectivity index (χ2n) is 4.62. The quantitative estimate of drug-likeness (QED) is 0.838. The Kier molecular flexibility index (Phi) is 4.39. The molecule has 5 heteroatoms. The van der Waals surface area contributed by atoms with Crippen molar-refractivity contribution in [3.05, 3.63) is 51.9 Å². The van der Waals surface area contributed by atoms with Gasteiger partial charge in [-0.25, -0.2) is 4.98 Å². The number of H-pyrrole nitrogens is 1. The zero-order valence-corrected chi connectivity index (χ0v) is 11.8. The number of nitrogens with one attached hydrogen (secondary N) is 1. The van der Waals surface area contributed by atoms with E-state index in [0.29, 0.717) is 5.16 Å². The van der Waals surface area contributed by atoms with Crippen molar-refractivity contribution < 1.29 is 0 Å². The predicted molar refractivity (Wildman–Crippen MR) is 77.5 cm³/mol. The molecule has 2 rings (SSSR count). The minimum absolute atomic E-state index is 0.122. The van der Waals surface area contributed by atoms with Gasteiger partial charge in [0, 0.05) is 22.7 Å². The molecule has 0 fully saturated rings. The van der Waals surface area contributed by atoms with Crippen LogP contribution in [0.5, 0.6) is 0 Å². The maximum atomic E-state index is 11.4. The Labute approximate surface area is 116 Å². The molecule has 0 amide bonds. The van der Waals surface area contributed by atoms with Crippen molar-refractivity contribution in [2.24, 2.45) is 5.73 Å². The van der Waals surface area contributed by atoms with Crippen molar-refractivity contribution in [1.82, 2.24) is 9.97 Å². The standard InChI is InChI=1S/C14H17N3OS/c1-9(15)7-11-3-5-12(6-4-11)19-14-16-10(2)8-13(18)17-14/h3-6,8-9H,7,15H2,1-2H3,(H,16,17,18). The van der Waals surface area contributed by atoms with Crippen LogP contribution in [-0.2, 0) is 6.42 Å². The Morgan fingerprint density at radius 3 is 2.63 bits per heavy atom. The molecule has 1 heterocycles. The van der Waals surface area contributed by atoms with Crippen LogP contribution in [0.3, 0.4) is 0 Å². The minimum atomic E-state index is -0.122. The summed E-state index contributed by atoms with van der Waals surface area (Å²) in [4.78, 5) is 19.4. The van der Waals surface area contributed by atoms with Crippen molar-refractivity contribution in [3.8, 4) is 0 Å². The van der Waals surface area contributed by atoms with Gasteiger partial charge in [0.15, 0.2) is 5.16 Å². The van der Waals surface area contributed by atoms with Crippen LogP contribution in [0.2, 0.25) is 0 Å². The number of aryl methyl sites for hydroxylation is 1. The molecule has 1 unspecified atom stereocenters. The average Bonchev–Trinajstić information content (AvgIpc) is 2.29. The molecule has 0 aliphatic rings. The van der Waals surface area contributed by atoms with E-state index < -0.39 is 0 Å². The smallest absolute Gasteiger partial charge is 0.251 e. The highest BCUT2D eigenvalue weighted by Gasteiger charge is 2.03. The molecular weight excluding hydrogens is 258 g/mol. The van der Waals surface area contributed by atoms with Crippen LogP contribution in [0, 0.1) is 6.92 Å². The van der Waals surface area contributed by atoms with Gasteiger partial charge in [0.25, 0.3) is 5.56 Å². The Morgan fingerprint density at radius 1 is 1.37 bits per heavy atom. The van der Waals surface area contributed by atoms with Gasteiger partial charge in [-0.1, -0.05) is 23.9 Å². The summed E-state index contributed by atoms with van der Waals surface area (Å²) in [5, 5.41) is 0.616. The summed E-state index contributed by atoms with van der Waals surface area (Å²) in [6.07, 6.45) is 0.866. The molecule has 3 N–H and O–H groups in total. The summed E-state index contributed by atoms with van der Waals surface area (Å²) >= 11 is 1.45. The SMILES string of the molecule is Cc1cc(=O)[nH]c(Sc2ccc(CC(C)N)cc2)n1. The van der Waals surface area contributed by atoms with E-state index in [2.05, 4.69) is 22.1 Å². The van der Waals surface area contributed by atoms with Crippen LogP contribution in [0.4, 0.5) is 0 Å². The highest BCUT2D eigenvalue weighted by molar-refractivity contribution is 7.99. The fourth-order valence-electron chi connectivity index (χ4n) is 1.78. The third-order valence-corrected chi connectivity index (χ3v) is 3.44. The lowest BCUT2D eigenvalue weighted by atomic mass is 10.1. The van der Waals surface area contributed by atoms with Gasteiger partial charge in [-0.2, -0.15) is 0 Å². The molecule has 0 bridgehead atoms. The molecule has 0 aliphatic carbocycles. The van der Waals surface area contributed by atoms with Gasteiger partial charge in [-0.05, 0) is 38.0 Å². The third-order valence-electron chi connectivity index (χ3n) is 2.54. The molecule has 0 saturated carbocycles. The molecule has 1 aromatic carbocycles. The Balaban J connectivity index is 2.12. The topological polar surface area (TPSA) is 71.8 Å². The Morgan fingerprint density at radius 2 is 2.05 bits per heavy atom. The molecule has 0 radical (unpaired) electrons. The molecule has 0 saturated heterocycles. The lowest BCUT2D eigenvalue weighted by molar-refractivity contribution is 0.737. The summed E-state index contributed by atoms with van der Waals surface area (Å²) < 4.78 is 0. The number of aromatic amines is 1. The first-order valence-electron chi connectivity index (χ1n) is 6.13. The minimum Gasteiger partial charge on any atom is -0.328 e. The Hall–Kier alpha value is -1.59. The second-order valence-corrected chi connectivity index (χ2v) is 5.68. The summed E-state index contributed by atoms with van der Waals surface area (Å²) in [6, 6.07) is 9.79. The average molecular weight is 275 g/mol. The first-order valence-corrected chi connectivity index (χ1v) is 6.95. The van der Waals surface area contributed by atoms with Gasteiger partial charge in [0.2, 0.25) is 0 Å². The summed E-state index contributed by atoms with van der Waals surface area (Å²) in [5.41, 5.74) is 7.58. The first kappa shape index (κ1) is 13.8. The molecule has 0 spiro atoms. The fourth-order valence-corrected chi connectivity index (χ4v) is 2.61. The van der Waals surface area contributed by atoms with Crippen LogP contribution >= 0.6 is 11.8 Å². The maximum Gasteiger partial charge on any atom is 0.251 e.